The molecule has 2 fully saturated rings. The minimum atomic E-state index is -2.95. The van der Waals surface area contributed by atoms with Crippen LogP contribution in [0.25, 0.3) is 0 Å². The lowest BCUT2D eigenvalue weighted by Gasteiger charge is -2.30. The number of rotatable bonds is 4. The van der Waals surface area contributed by atoms with Gasteiger partial charge < -0.3 is 14.4 Å². The van der Waals surface area contributed by atoms with Gasteiger partial charge in [0.2, 0.25) is 5.91 Å². The number of sulfone groups is 1. The van der Waals surface area contributed by atoms with Crippen molar-refractivity contribution in [3.63, 3.8) is 0 Å². The number of fused-ring (bicyclic) bond motifs is 1. The maximum atomic E-state index is 12.9. The summed E-state index contributed by atoms with van der Waals surface area (Å²) in [5.74, 6) is 1.93. The molecular formula is C19H26N2O5S. The first kappa shape index (κ1) is 18.6. The number of ether oxygens (including phenoxy) is 2. The zero-order valence-electron chi connectivity index (χ0n) is 15.6. The van der Waals surface area contributed by atoms with E-state index in [-0.39, 0.29) is 36.0 Å². The Kier molecular flexibility index (Phi) is 5.03. The van der Waals surface area contributed by atoms with Gasteiger partial charge in [0.05, 0.1) is 24.1 Å². The second-order valence-electron chi connectivity index (χ2n) is 7.62. The van der Waals surface area contributed by atoms with Crippen LogP contribution in [0.2, 0.25) is 0 Å². The van der Waals surface area contributed by atoms with Crippen molar-refractivity contribution in [3.8, 4) is 11.5 Å². The summed E-state index contributed by atoms with van der Waals surface area (Å²) >= 11 is 0. The third-order valence-electron chi connectivity index (χ3n) is 5.74. The number of amides is 1. The number of nitrogens with zero attached hydrogens (tertiary/aromatic N) is 2. The SMILES string of the molecule is CN(CC(=O)N1CCC[C@@H]1c1ccc2c(c1)OCCO2)[C@@H]1CCS(=O)(=O)C1. The lowest BCUT2D eigenvalue weighted by Crippen LogP contribution is -2.43. The van der Waals surface area contributed by atoms with Crippen molar-refractivity contribution < 1.29 is 22.7 Å². The van der Waals surface area contributed by atoms with Crippen molar-refractivity contribution in [1.82, 2.24) is 9.80 Å². The van der Waals surface area contributed by atoms with E-state index in [2.05, 4.69) is 0 Å². The summed E-state index contributed by atoms with van der Waals surface area (Å²) in [6.07, 6.45) is 2.50. The highest BCUT2D eigenvalue weighted by molar-refractivity contribution is 7.91. The van der Waals surface area contributed by atoms with Crippen molar-refractivity contribution in [2.45, 2.75) is 31.3 Å². The van der Waals surface area contributed by atoms with E-state index in [4.69, 9.17) is 9.47 Å². The number of hydrogen-bond acceptors (Lipinski definition) is 6. The fraction of sp³-hybridized carbons (Fsp3) is 0.632. The minimum Gasteiger partial charge on any atom is -0.486 e. The summed E-state index contributed by atoms with van der Waals surface area (Å²) in [5, 5.41) is 0. The number of likely N-dealkylation sites (tertiary alicyclic amines) is 1. The van der Waals surface area contributed by atoms with E-state index < -0.39 is 9.84 Å². The Bertz CT molecular complexity index is 825. The molecule has 148 valence electrons. The fourth-order valence-electron chi connectivity index (χ4n) is 4.24. The van der Waals surface area contributed by atoms with Gasteiger partial charge in [-0.15, -0.1) is 0 Å². The number of hydrogen-bond donors (Lipinski definition) is 0. The summed E-state index contributed by atoms with van der Waals surface area (Å²) in [6.45, 7) is 2.08. The first-order chi connectivity index (χ1) is 12.9. The second kappa shape index (κ2) is 7.31. The molecule has 0 N–H and O–H groups in total. The summed E-state index contributed by atoms with van der Waals surface area (Å²) in [4.78, 5) is 16.7. The summed E-state index contributed by atoms with van der Waals surface area (Å²) < 4.78 is 34.7. The van der Waals surface area contributed by atoms with Gasteiger partial charge in [0.25, 0.3) is 0 Å². The van der Waals surface area contributed by atoms with Gasteiger partial charge in [-0.3, -0.25) is 9.69 Å². The van der Waals surface area contributed by atoms with Gasteiger partial charge in [0, 0.05) is 12.6 Å². The predicted molar refractivity (Wildman–Crippen MR) is 101 cm³/mol. The minimum absolute atomic E-state index is 0.0361. The number of carbonyl (C=O) groups excluding carboxylic acids is 1. The van der Waals surface area contributed by atoms with E-state index in [0.29, 0.717) is 19.6 Å². The van der Waals surface area contributed by atoms with Gasteiger partial charge in [-0.05, 0) is 44.0 Å². The molecule has 0 radical (unpaired) electrons. The molecule has 0 spiro atoms. The van der Waals surface area contributed by atoms with E-state index in [9.17, 15) is 13.2 Å². The standard InChI is InChI=1S/C19H26N2O5S/c1-20(15-6-10-27(23,24)13-15)12-19(22)21-7-2-3-16(21)14-4-5-17-18(11-14)26-9-8-25-17/h4-5,11,15-16H,2-3,6-10,12-13H2,1H3/t15-,16-/m1/s1. The Morgan fingerprint density at radius 3 is 2.74 bits per heavy atom. The molecular weight excluding hydrogens is 368 g/mol. The van der Waals surface area contributed by atoms with Crippen molar-refractivity contribution in [2.75, 3.05) is 44.9 Å². The van der Waals surface area contributed by atoms with Crippen LogP contribution in [0.5, 0.6) is 11.5 Å². The molecule has 7 nitrogen and oxygen atoms in total. The van der Waals surface area contributed by atoms with Gasteiger partial charge >= 0.3 is 0 Å². The van der Waals surface area contributed by atoms with Gasteiger partial charge in [0.1, 0.15) is 13.2 Å². The highest BCUT2D eigenvalue weighted by Crippen LogP contribution is 2.38. The second-order valence-corrected chi connectivity index (χ2v) is 9.85. The molecule has 1 amide bonds. The molecule has 8 heteroatoms. The maximum absolute atomic E-state index is 12.9. The van der Waals surface area contributed by atoms with Crippen LogP contribution in [0.1, 0.15) is 30.9 Å². The van der Waals surface area contributed by atoms with Crippen molar-refractivity contribution in [2.24, 2.45) is 0 Å². The Morgan fingerprint density at radius 2 is 2.00 bits per heavy atom. The molecule has 2 saturated heterocycles. The Hall–Kier alpha value is -1.80. The monoisotopic (exact) mass is 394 g/mol. The van der Waals surface area contributed by atoms with E-state index in [1.165, 1.54) is 0 Å². The predicted octanol–water partition coefficient (Wildman–Crippen LogP) is 1.24. The zero-order valence-corrected chi connectivity index (χ0v) is 16.4. The third-order valence-corrected chi connectivity index (χ3v) is 7.49. The first-order valence-electron chi connectivity index (χ1n) is 9.53. The van der Waals surface area contributed by atoms with Crippen LogP contribution in [0.15, 0.2) is 18.2 Å². The van der Waals surface area contributed by atoms with Gasteiger partial charge in [0.15, 0.2) is 21.3 Å². The quantitative estimate of drug-likeness (QED) is 0.765. The van der Waals surface area contributed by atoms with Crippen LogP contribution in [-0.2, 0) is 14.6 Å². The number of carbonyl (C=O) groups is 1. The highest BCUT2D eigenvalue weighted by Gasteiger charge is 2.35. The Balaban J connectivity index is 1.44. The summed E-state index contributed by atoms with van der Waals surface area (Å²) in [6, 6.07) is 5.89. The maximum Gasteiger partial charge on any atom is 0.237 e. The molecule has 27 heavy (non-hydrogen) atoms. The van der Waals surface area contributed by atoms with E-state index in [0.717, 1.165) is 36.4 Å². The lowest BCUT2D eigenvalue weighted by molar-refractivity contribution is -0.133. The molecule has 1 aromatic carbocycles. The molecule has 3 heterocycles. The summed E-state index contributed by atoms with van der Waals surface area (Å²) in [7, 11) is -1.10. The van der Waals surface area contributed by atoms with Crippen LogP contribution in [0.4, 0.5) is 0 Å². The van der Waals surface area contributed by atoms with Crippen LogP contribution in [-0.4, -0.2) is 75.0 Å². The molecule has 0 unspecified atom stereocenters. The van der Waals surface area contributed by atoms with Crippen LogP contribution in [0.3, 0.4) is 0 Å². The van der Waals surface area contributed by atoms with Crippen LogP contribution in [0, 0.1) is 0 Å². The smallest absolute Gasteiger partial charge is 0.237 e. The van der Waals surface area contributed by atoms with Gasteiger partial charge in [-0.2, -0.15) is 0 Å². The van der Waals surface area contributed by atoms with Crippen LogP contribution >= 0.6 is 0 Å². The Labute approximate surface area is 160 Å². The summed E-state index contributed by atoms with van der Waals surface area (Å²) in [5.41, 5.74) is 1.07. The molecule has 3 aliphatic rings. The van der Waals surface area contributed by atoms with Crippen molar-refractivity contribution in [1.29, 1.82) is 0 Å². The first-order valence-corrected chi connectivity index (χ1v) is 11.3. The average Bonchev–Trinajstić information content (AvgIpc) is 3.27. The van der Waals surface area contributed by atoms with E-state index in [1.807, 2.05) is 35.0 Å². The molecule has 0 bridgehead atoms. The highest BCUT2D eigenvalue weighted by atomic mass is 32.2. The van der Waals surface area contributed by atoms with Gasteiger partial charge in [-0.1, -0.05) is 6.07 Å². The number of benzene rings is 1. The average molecular weight is 394 g/mol. The Morgan fingerprint density at radius 1 is 1.22 bits per heavy atom. The fourth-order valence-corrected chi connectivity index (χ4v) is 6.04. The molecule has 2 atom stereocenters. The largest absolute Gasteiger partial charge is 0.486 e. The molecule has 0 saturated carbocycles. The zero-order chi connectivity index (χ0) is 19.0. The van der Waals surface area contributed by atoms with Gasteiger partial charge in [-0.25, -0.2) is 8.42 Å². The van der Waals surface area contributed by atoms with Crippen LogP contribution < -0.4 is 9.47 Å². The number of likely N-dealkylation sites (N-methyl/N-ethyl adjacent to an activating group) is 1. The van der Waals surface area contributed by atoms with E-state index in [1.54, 1.807) is 0 Å². The molecule has 3 aliphatic heterocycles. The van der Waals surface area contributed by atoms with E-state index >= 15 is 0 Å². The molecule has 0 aromatic heterocycles. The normalized spacial score (nSPS) is 26.5. The molecule has 0 aliphatic carbocycles. The van der Waals surface area contributed by atoms with Crippen molar-refractivity contribution in [3.05, 3.63) is 23.8 Å². The topological polar surface area (TPSA) is 76.2 Å². The molecule has 4 rings (SSSR count). The third kappa shape index (κ3) is 3.91. The van der Waals surface area contributed by atoms with Crippen molar-refractivity contribution >= 4 is 15.7 Å². The molecule has 1 aromatic rings. The lowest BCUT2D eigenvalue weighted by atomic mass is 10.0.